The van der Waals surface area contributed by atoms with Gasteiger partial charge < -0.3 is 10.4 Å². The van der Waals surface area contributed by atoms with E-state index >= 15 is 0 Å². The molecule has 0 saturated carbocycles. The molecular weight excluding hydrogens is 400 g/mol. The van der Waals surface area contributed by atoms with E-state index in [1.54, 1.807) is 19.1 Å². The lowest BCUT2D eigenvalue weighted by Crippen LogP contribution is -2.22. The largest absolute Gasteiger partial charge is 0.478 e. The van der Waals surface area contributed by atoms with Crippen LogP contribution in [0.1, 0.15) is 28.4 Å². The van der Waals surface area contributed by atoms with E-state index in [0.29, 0.717) is 10.8 Å². The van der Waals surface area contributed by atoms with E-state index in [-0.39, 0.29) is 11.5 Å². The second kappa shape index (κ2) is 7.79. The maximum Gasteiger partial charge on any atom is 0.335 e. The zero-order valence-electron chi connectivity index (χ0n) is 16.7. The fourth-order valence-corrected chi connectivity index (χ4v) is 4.22. The lowest BCUT2D eigenvalue weighted by molar-refractivity contribution is -0.115. The number of benzene rings is 2. The van der Waals surface area contributed by atoms with Gasteiger partial charge in [0.05, 0.1) is 16.3 Å². The number of fused-ring (bicyclic) bond motifs is 3. The molecular formula is C22H20N4O3S. The van der Waals surface area contributed by atoms with Gasteiger partial charge in [0.1, 0.15) is 0 Å². The number of hydrogen-bond donors (Lipinski definition) is 2. The molecule has 0 aliphatic rings. The van der Waals surface area contributed by atoms with Gasteiger partial charge in [-0.1, -0.05) is 30.0 Å². The number of carboxylic acid groups (broad SMARTS) is 1. The summed E-state index contributed by atoms with van der Waals surface area (Å²) in [6, 6.07) is 14.2. The SMILES string of the molecule is Cc1cc2nnc(SC(C)C(=O)Nc3ccc(C(=O)O)cc3)n2c2c(C)cccc12. The molecule has 0 radical (unpaired) electrons. The predicted octanol–water partition coefficient (Wildman–Crippen LogP) is 4.32. The molecule has 8 heteroatoms. The number of aromatic nitrogens is 3. The van der Waals surface area contributed by atoms with Crippen LogP contribution in [-0.4, -0.2) is 36.8 Å². The van der Waals surface area contributed by atoms with Crippen molar-refractivity contribution in [2.24, 2.45) is 0 Å². The number of aryl methyl sites for hydroxylation is 2. The van der Waals surface area contributed by atoms with Gasteiger partial charge in [-0.25, -0.2) is 4.79 Å². The molecule has 30 heavy (non-hydrogen) atoms. The number of hydrogen-bond acceptors (Lipinski definition) is 5. The summed E-state index contributed by atoms with van der Waals surface area (Å²) in [5.74, 6) is -1.21. The molecule has 1 atom stereocenters. The molecule has 4 rings (SSSR count). The quantitative estimate of drug-likeness (QED) is 0.467. The summed E-state index contributed by atoms with van der Waals surface area (Å²) in [5, 5.41) is 21.8. The van der Waals surface area contributed by atoms with Crippen molar-refractivity contribution in [3.8, 4) is 0 Å². The summed E-state index contributed by atoms with van der Waals surface area (Å²) in [7, 11) is 0. The molecule has 4 aromatic rings. The molecule has 2 aromatic carbocycles. The number of aromatic carboxylic acids is 1. The number of anilines is 1. The highest BCUT2D eigenvalue weighted by Gasteiger charge is 2.20. The van der Waals surface area contributed by atoms with E-state index in [4.69, 9.17) is 5.11 Å². The minimum Gasteiger partial charge on any atom is -0.478 e. The lowest BCUT2D eigenvalue weighted by atomic mass is 10.1. The Kier molecular flexibility index (Phi) is 5.17. The average molecular weight is 420 g/mol. The number of nitrogens with zero attached hydrogens (tertiary/aromatic N) is 3. The van der Waals surface area contributed by atoms with Gasteiger partial charge in [0.15, 0.2) is 10.8 Å². The third-order valence-electron chi connectivity index (χ3n) is 4.94. The molecule has 2 aromatic heterocycles. The molecule has 7 nitrogen and oxygen atoms in total. The van der Waals surface area contributed by atoms with Crippen molar-refractivity contribution >= 4 is 45.9 Å². The number of para-hydroxylation sites is 1. The van der Waals surface area contributed by atoms with E-state index in [0.717, 1.165) is 27.7 Å². The van der Waals surface area contributed by atoms with Gasteiger partial charge in [-0.2, -0.15) is 0 Å². The van der Waals surface area contributed by atoms with Gasteiger partial charge in [0, 0.05) is 11.1 Å². The van der Waals surface area contributed by atoms with Gasteiger partial charge >= 0.3 is 5.97 Å². The summed E-state index contributed by atoms with van der Waals surface area (Å²) in [6.07, 6.45) is 0. The normalized spacial score (nSPS) is 12.2. The van der Waals surface area contributed by atoms with Gasteiger partial charge in [-0.15, -0.1) is 10.2 Å². The summed E-state index contributed by atoms with van der Waals surface area (Å²) >= 11 is 1.33. The van der Waals surface area contributed by atoms with Crippen LogP contribution in [0.4, 0.5) is 5.69 Å². The highest BCUT2D eigenvalue weighted by molar-refractivity contribution is 8.00. The van der Waals surface area contributed by atoms with Crippen molar-refractivity contribution in [3.63, 3.8) is 0 Å². The first-order chi connectivity index (χ1) is 14.3. The zero-order chi connectivity index (χ0) is 21.4. The molecule has 0 aliphatic carbocycles. The first-order valence-electron chi connectivity index (χ1n) is 9.40. The smallest absolute Gasteiger partial charge is 0.335 e. The summed E-state index contributed by atoms with van der Waals surface area (Å²) < 4.78 is 1.99. The van der Waals surface area contributed by atoms with Gasteiger partial charge in [0.2, 0.25) is 5.91 Å². The molecule has 1 amide bonds. The van der Waals surface area contributed by atoms with Crippen LogP contribution < -0.4 is 5.32 Å². The summed E-state index contributed by atoms with van der Waals surface area (Å²) in [6.45, 7) is 5.90. The third kappa shape index (κ3) is 3.61. The Bertz CT molecular complexity index is 1280. The molecule has 0 spiro atoms. The van der Waals surface area contributed by atoms with Crippen molar-refractivity contribution in [1.29, 1.82) is 0 Å². The van der Waals surface area contributed by atoms with Crippen LogP contribution in [0.25, 0.3) is 16.6 Å². The number of rotatable bonds is 5. The summed E-state index contributed by atoms with van der Waals surface area (Å²) in [5.41, 5.74) is 4.73. The predicted molar refractivity (Wildman–Crippen MR) is 117 cm³/mol. The Morgan fingerprint density at radius 3 is 2.50 bits per heavy atom. The lowest BCUT2D eigenvalue weighted by Gasteiger charge is -2.13. The van der Waals surface area contributed by atoms with E-state index in [1.165, 1.54) is 23.9 Å². The van der Waals surface area contributed by atoms with Crippen molar-refractivity contribution in [2.75, 3.05) is 5.32 Å². The van der Waals surface area contributed by atoms with E-state index in [9.17, 15) is 9.59 Å². The minimum atomic E-state index is -1.01. The molecule has 0 aliphatic heterocycles. The maximum atomic E-state index is 12.7. The van der Waals surface area contributed by atoms with Gasteiger partial charge in [-0.05, 0) is 62.2 Å². The fraction of sp³-hybridized carbons (Fsp3) is 0.182. The first-order valence-corrected chi connectivity index (χ1v) is 10.3. The Balaban J connectivity index is 1.61. The molecule has 0 saturated heterocycles. The number of carboxylic acids is 1. The Hall–Kier alpha value is -3.39. The van der Waals surface area contributed by atoms with Crippen LogP contribution in [0.15, 0.2) is 53.7 Å². The second-order valence-corrected chi connectivity index (χ2v) is 8.41. The molecule has 1 unspecified atom stereocenters. The fourth-order valence-electron chi connectivity index (χ4n) is 3.36. The number of nitrogens with one attached hydrogen (secondary N) is 1. The van der Waals surface area contributed by atoms with Crippen LogP contribution >= 0.6 is 11.8 Å². The van der Waals surface area contributed by atoms with Crippen LogP contribution in [-0.2, 0) is 4.79 Å². The van der Waals surface area contributed by atoms with Crippen LogP contribution in [0.5, 0.6) is 0 Å². The molecule has 152 valence electrons. The standard InChI is InChI=1S/C22H20N4O3S/c1-12-5-4-6-17-13(2)11-18-24-25-22(26(18)19(12)17)30-14(3)20(27)23-16-9-7-15(8-10-16)21(28)29/h4-11,14H,1-3H3,(H,23,27)(H,28,29). The van der Waals surface area contributed by atoms with Crippen molar-refractivity contribution in [3.05, 3.63) is 65.2 Å². The molecule has 0 bridgehead atoms. The van der Waals surface area contributed by atoms with E-state index in [1.807, 2.05) is 29.5 Å². The Morgan fingerprint density at radius 1 is 1.07 bits per heavy atom. The Labute approximate surface area is 177 Å². The number of carbonyl (C=O) groups excluding carboxylic acids is 1. The minimum absolute atomic E-state index is 0.169. The summed E-state index contributed by atoms with van der Waals surface area (Å²) in [4.78, 5) is 23.6. The van der Waals surface area contributed by atoms with Gasteiger partial charge in [0.25, 0.3) is 0 Å². The number of thioether (sulfide) groups is 1. The monoisotopic (exact) mass is 420 g/mol. The average Bonchev–Trinajstić information content (AvgIpc) is 3.10. The topological polar surface area (TPSA) is 96.6 Å². The number of carbonyl (C=O) groups is 2. The van der Waals surface area contributed by atoms with Crippen LogP contribution in [0.2, 0.25) is 0 Å². The van der Waals surface area contributed by atoms with Crippen molar-refractivity contribution < 1.29 is 14.7 Å². The first kappa shape index (κ1) is 19.9. The third-order valence-corrected chi connectivity index (χ3v) is 5.98. The zero-order valence-corrected chi connectivity index (χ0v) is 17.5. The highest BCUT2D eigenvalue weighted by atomic mass is 32.2. The van der Waals surface area contributed by atoms with Crippen molar-refractivity contribution in [1.82, 2.24) is 14.6 Å². The number of pyridine rings is 1. The van der Waals surface area contributed by atoms with E-state index < -0.39 is 11.2 Å². The molecule has 2 heterocycles. The van der Waals surface area contributed by atoms with Gasteiger partial charge in [-0.3, -0.25) is 9.20 Å². The molecule has 0 fully saturated rings. The second-order valence-electron chi connectivity index (χ2n) is 7.11. The maximum absolute atomic E-state index is 12.7. The Morgan fingerprint density at radius 2 is 1.80 bits per heavy atom. The number of amides is 1. The van der Waals surface area contributed by atoms with Crippen LogP contribution in [0.3, 0.4) is 0 Å². The highest BCUT2D eigenvalue weighted by Crippen LogP contribution is 2.30. The van der Waals surface area contributed by atoms with Crippen LogP contribution in [0, 0.1) is 13.8 Å². The van der Waals surface area contributed by atoms with Crippen molar-refractivity contribution in [2.45, 2.75) is 31.2 Å². The van der Waals surface area contributed by atoms with E-state index in [2.05, 4.69) is 28.5 Å². The molecule has 2 N–H and O–H groups in total.